The molecule has 146 valence electrons. The SMILES string of the molecule is Cc1ccc(-n2nc(O[C@H](C)C(=O)NCCc3ccco3)ccc2=O)cc1C. The van der Waals surface area contributed by atoms with E-state index in [0.717, 1.165) is 16.9 Å². The lowest BCUT2D eigenvalue weighted by Crippen LogP contribution is -2.37. The molecule has 0 fully saturated rings. The molecule has 0 bridgehead atoms. The zero-order valence-corrected chi connectivity index (χ0v) is 16.1. The first-order chi connectivity index (χ1) is 13.4. The van der Waals surface area contributed by atoms with Crippen LogP contribution in [-0.4, -0.2) is 28.3 Å². The van der Waals surface area contributed by atoms with Crippen molar-refractivity contribution in [3.63, 3.8) is 0 Å². The van der Waals surface area contributed by atoms with E-state index in [4.69, 9.17) is 9.15 Å². The fourth-order valence-electron chi connectivity index (χ4n) is 2.64. The van der Waals surface area contributed by atoms with Crippen molar-refractivity contribution in [2.24, 2.45) is 0 Å². The van der Waals surface area contributed by atoms with E-state index in [1.807, 2.05) is 38.1 Å². The number of hydrogen-bond donors (Lipinski definition) is 1. The van der Waals surface area contributed by atoms with Gasteiger partial charge in [-0.15, -0.1) is 5.10 Å². The number of carbonyl (C=O) groups is 1. The third-order valence-corrected chi connectivity index (χ3v) is 4.43. The van der Waals surface area contributed by atoms with E-state index in [9.17, 15) is 9.59 Å². The molecule has 0 spiro atoms. The highest BCUT2D eigenvalue weighted by Crippen LogP contribution is 2.13. The Labute approximate surface area is 162 Å². The van der Waals surface area contributed by atoms with E-state index in [0.29, 0.717) is 18.7 Å². The Bertz CT molecular complexity index is 1010. The predicted molar refractivity (Wildman–Crippen MR) is 105 cm³/mol. The van der Waals surface area contributed by atoms with Gasteiger partial charge in [-0.25, -0.2) is 0 Å². The van der Waals surface area contributed by atoms with Gasteiger partial charge in [-0.3, -0.25) is 9.59 Å². The van der Waals surface area contributed by atoms with E-state index >= 15 is 0 Å². The molecule has 1 N–H and O–H groups in total. The molecule has 0 aliphatic heterocycles. The van der Waals surface area contributed by atoms with Gasteiger partial charge in [0.1, 0.15) is 5.76 Å². The van der Waals surface area contributed by atoms with Gasteiger partial charge in [0.2, 0.25) is 5.88 Å². The average molecular weight is 381 g/mol. The van der Waals surface area contributed by atoms with Gasteiger partial charge in [0, 0.05) is 25.1 Å². The highest BCUT2D eigenvalue weighted by molar-refractivity contribution is 5.80. The minimum Gasteiger partial charge on any atom is -0.469 e. The molecule has 0 aliphatic carbocycles. The average Bonchev–Trinajstić information content (AvgIpc) is 3.19. The smallest absolute Gasteiger partial charge is 0.271 e. The highest BCUT2D eigenvalue weighted by atomic mass is 16.5. The lowest BCUT2D eigenvalue weighted by Gasteiger charge is -2.15. The van der Waals surface area contributed by atoms with E-state index in [-0.39, 0.29) is 17.3 Å². The monoisotopic (exact) mass is 381 g/mol. The first kappa shape index (κ1) is 19.4. The summed E-state index contributed by atoms with van der Waals surface area (Å²) in [6.45, 7) is 6.05. The summed E-state index contributed by atoms with van der Waals surface area (Å²) in [5.74, 6) is 0.736. The van der Waals surface area contributed by atoms with Crippen LogP contribution in [0.4, 0.5) is 0 Å². The number of carbonyl (C=O) groups excluding carboxylic acids is 1. The lowest BCUT2D eigenvalue weighted by atomic mass is 10.1. The fraction of sp³-hybridized carbons (Fsp3) is 0.286. The maximum atomic E-state index is 12.2. The fourth-order valence-corrected chi connectivity index (χ4v) is 2.64. The highest BCUT2D eigenvalue weighted by Gasteiger charge is 2.16. The molecule has 0 radical (unpaired) electrons. The second kappa shape index (κ2) is 8.56. The van der Waals surface area contributed by atoms with Crippen LogP contribution < -0.4 is 15.6 Å². The van der Waals surface area contributed by atoms with Crippen molar-refractivity contribution >= 4 is 5.91 Å². The lowest BCUT2D eigenvalue weighted by molar-refractivity contribution is -0.127. The van der Waals surface area contributed by atoms with Gasteiger partial charge in [0.15, 0.2) is 6.10 Å². The van der Waals surface area contributed by atoms with Crippen molar-refractivity contribution in [3.05, 3.63) is 76.0 Å². The summed E-state index contributed by atoms with van der Waals surface area (Å²) >= 11 is 0. The van der Waals surface area contributed by atoms with Crippen LogP contribution in [0.2, 0.25) is 0 Å². The number of benzene rings is 1. The van der Waals surface area contributed by atoms with E-state index < -0.39 is 6.10 Å². The third-order valence-electron chi connectivity index (χ3n) is 4.43. The van der Waals surface area contributed by atoms with Crippen LogP contribution in [0, 0.1) is 13.8 Å². The summed E-state index contributed by atoms with van der Waals surface area (Å²) in [7, 11) is 0. The number of rotatable bonds is 7. The zero-order chi connectivity index (χ0) is 20.1. The number of ether oxygens (including phenoxy) is 1. The largest absolute Gasteiger partial charge is 0.469 e. The quantitative estimate of drug-likeness (QED) is 0.680. The number of nitrogens with zero attached hydrogens (tertiary/aromatic N) is 2. The van der Waals surface area contributed by atoms with E-state index in [1.54, 1.807) is 19.3 Å². The summed E-state index contributed by atoms with van der Waals surface area (Å²) in [4.78, 5) is 24.4. The Hall–Kier alpha value is -3.35. The Balaban J connectivity index is 1.65. The van der Waals surface area contributed by atoms with E-state index in [2.05, 4.69) is 10.4 Å². The molecule has 3 aromatic rings. The summed E-state index contributed by atoms with van der Waals surface area (Å²) in [5.41, 5.74) is 2.56. The van der Waals surface area contributed by atoms with Crippen molar-refractivity contribution in [2.45, 2.75) is 33.3 Å². The van der Waals surface area contributed by atoms with Crippen LogP contribution in [0.3, 0.4) is 0 Å². The summed E-state index contributed by atoms with van der Waals surface area (Å²) in [5, 5.41) is 7.04. The maximum absolute atomic E-state index is 12.2. The Kier molecular flexibility index (Phi) is 5.93. The second-order valence-electron chi connectivity index (χ2n) is 6.57. The zero-order valence-electron chi connectivity index (χ0n) is 16.1. The molecule has 1 amide bonds. The summed E-state index contributed by atoms with van der Waals surface area (Å²) in [6.07, 6.45) is 1.44. The van der Waals surface area contributed by atoms with Crippen LogP contribution in [0.25, 0.3) is 5.69 Å². The van der Waals surface area contributed by atoms with Crippen LogP contribution in [0.5, 0.6) is 5.88 Å². The molecule has 0 unspecified atom stereocenters. The number of aromatic nitrogens is 2. The third kappa shape index (κ3) is 4.68. The van der Waals surface area contributed by atoms with Gasteiger partial charge in [-0.05, 0) is 56.2 Å². The summed E-state index contributed by atoms with van der Waals surface area (Å²) in [6, 6.07) is 12.1. The molecule has 3 rings (SSSR count). The van der Waals surface area contributed by atoms with Crippen LogP contribution in [0.15, 0.2) is 57.9 Å². The number of amides is 1. The van der Waals surface area contributed by atoms with Gasteiger partial charge >= 0.3 is 0 Å². The molecule has 1 atom stereocenters. The minimum absolute atomic E-state index is 0.200. The van der Waals surface area contributed by atoms with Crippen LogP contribution >= 0.6 is 0 Å². The van der Waals surface area contributed by atoms with E-state index in [1.165, 1.54) is 16.8 Å². The maximum Gasteiger partial charge on any atom is 0.271 e. The van der Waals surface area contributed by atoms with Gasteiger partial charge < -0.3 is 14.5 Å². The topological polar surface area (TPSA) is 86.4 Å². The van der Waals surface area contributed by atoms with Gasteiger partial charge in [0.05, 0.1) is 12.0 Å². The Morgan fingerprint density at radius 2 is 2.04 bits per heavy atom. The first-order valence-electron chi connectivity index (χ1n) is 9.09. The number of aryl methyl sites for hydroxylation is 2. The summed E-state index contributed by atoms with van der Waals surface area (Å²) < 4.78 is 12.1. The van der Waals surface area contributed by atoms with Gasteiger partial charge in [0.25, 0.3) is 11.5 Å². The molecule has 0 saturated heterocycles. The molecule has 2 aromatic heterocycles. The van der Waals surface area contributed by atoms with Crippen molar-refractivity contribution in [2.75, 3.05) is 6.54 Å². The Morgan fingerprint density at radius 1 is 1.21 bits per heavy atom. The molecule has 7 nitrogen and oxygen atoms in total. The van der Waals surface area contributed by atoms with Crippen molar-refractivity contribution in [1.82, 2.24) is 15.1 Å². The minimum atomic E-state index is -0.755. The molecule has 28 heavy (non-hydrogen) atoms. The van der Waals surface area contributed by atoms with Crippen LogP contribution in [0.1, 0.15) is 23.8 Å². The molecular weight excluding hydrogens is 358 g/mol. The van der Waals surface area contributed by atoms with Crippen molar-refractivity contribution in [1.29, 1.82) is 0 Å². The molecule has 2 heterocycles. The number of hydrogen-bond acceptors (Lipinski definition) is 5. The number of furan rings is 1. The van der Waals surface area contributed by atoms with Gasteiger partial charge in [-0.2, -0.15) is 4.68 Å². The van der Waals surface area contributed by atoms with Crippen molar-refractivity contribution in [3.8, 4) is 11.6 Å². The molecular formula is C21H23N3O4. The second-order valence-corrected chi connectivity index (χ2v) is 6.57. The molecule has 0 saturated carbocycles. The normalized spacial score (nSPS) is 11.8. The first-order valence-corrected chi connectivity index (χ1v) is 9.09. The van der Waals surface area contributed by atoms with Crippen molar-refractivity contribution < 1.29 is 13.9 Å². The van der Waals surface area contributed by atoms with Gasteiger partial charge in [-0.1, -0.05) is 6.07 Å². The molecule has 1 aromatic carbocycles. The molecule has 0 aliphatic rings. The predicted octanol–water partition coefficient (Wildman–Crippen LogP) is 2.57. The number of nitrogens with one attached hydrogen (secondary N) is 1. The van der Waals surface area contributed by atoms with Crippen LogP contribution in [-0.2, 0) is 11.2 Å². The Morgan fingerprint density at radius 3 is 2.75 bits per heavy atom. The standard InChI is InChI=1S/C21H23N3O4/c1-14-6-7-17(13-15(14)2)24-20(25)9-8-19(23-24)28-16(3)21(26)22-11-10-18-5-4-12-27-18/h4-9,12-13,16H,10-11H2,1-3H3,(H,22,26)/t16-/m1/s1. The molecule has 7 heteroatoms.